The largest absolute Gasteiger partial charge is 0.479 e. The Kier molecular flexibility index (Phi) is 4.31. The average Bonchev–Trinajstić information content (AvgIpc) is 2.82. The lowest BCUT2D eigenvalue weighted by molar-refractivity contribution is -0.143. The van der Waals surface area contributed by atoms with E-state index in [-0.39, 0.29) is 18.5 Å². The monoisotopic (exact) mass is 324 g/mol. The van der Waals surface area contributed by atoms with E-state index in [4.69, 9.17) is 4.74 Å². The number of aromatic nitrogens is 2. The van der Waals surface area contributed by atoms with Gasteiger partial charge in [0.15, 0.2) is 5.54 Å². The van der Waals surface area contributed by atoms with Crippen molar-refractivity contribution in [3.8, 4) is 0 Å². The molecule has 0 spiro atoms. The number of carboxylic acid groups (broad SMARTS) is 1. The third kappa shape index (κ3) is 3.99. The van der Waals surface area contributed by atoms with Crippen LogP contribution in [0.25, 0.3) is 0 Å². The van der Waals surface area contributed by atoms with Crippen molar-refractivity contribution in [3.63, 3.8) is 0 Å². The van der Waals surface area contributed by atoms with E-state index in [0.717, 1.165) is 0 Å². The van der Waals surface area contributed by atoms with Crippen molar-refractivity contribution in [3.05, 3.63) is 22.7 Å². The maximum absolute atomic E-state index is 11.9. The lowest BCUT2D eigenvalue weighted by Crippen LogP contribution is -2.57. The first kappa shape index (κ1) is 16.8. The van der Waals surface area contributed by atoms with Crippen LogP contribution < -0.4 is 15.8 Å². The van der Waals surface area contributed by atoms with Crippen LogP contribution in [0.3, 0.4) is 0 Å². The average molecular weight is 324 g/mol. The van der Waals surface area contributed by atoms with E-state index in [9.17, 15) is 19.5 Å². The van der Waals surface area contributed by atoms with Crippen molar-refractivity contribution < 1.29 is 19.4 Å². The summed E-state index contributed by atoms with van der Waals surface area (Å²) in [6, 6.07) is 1.28. The fraction of sp³-hybridized carbons (Fsp3) is 0.571. The Hall–Kier alpha value is -2.58. The van der Waals surface area contributed by atoms with Gasteiger partial charge in [0.25, 0.3) is 5.56 Å². The SMILES string of the molecule is CC(C)(C)OC(=O)NC1(C(=O)O)CCN(c2cc(=O)[nH]cn2)C1. The Bertz CT molecular complexity index is 666. The zero-order chi connectivity index (χ0) is 17.3. The molecule has 1 aliphatic heterocycles. The molecule has 1 atom stereocenters. The van der Waals surface area contributed by atoms with Gasteiger partial charge < -0.3 is 25.0 Å². The molecule has 1 amide bonds. The number of ether oxygens (including phenoxy) is 1. The number of aromatic amines is 1. The predicted molar refractivity (Wildman–Crippen MR) is 81.4 cm³/mol. The number of hydrogen-bond acceptors (Lipinski definition) is 6. The van der Waals surface area contributed by atoms with Crippen LogP contribution in [0.4, 0.5) is 10.6 Å². The molecule has 2 rings (SSSR count). The molecule has 0 saturated carbocycles. The molecule has 1 aromatic rings. The molecule has 23 heavy (non-hydrogen) atoms. The molecule has 0 radical (unpaired) electrons. The molecular weight excluding hydrogens is 304 g/mol. The van der Waals surface area contributed by atoms with E-state index >= 15 is 0 Å². The molecule has 0 bridgehead atoms. The Morgan fingerprint density at radius 2 is 2.17 bits per heavy atom. The summed E-state index contributed by atoms with van der Waals surface area (Å²) in [6.07, 6.45) is 0.635. The highest BCUT2D eigenvalue weighted by molar-refractivity contribution is 5.86. The molecule has 1 aliphatic rings. The molecule has 1 aromatic heterocycles. The van der Waals surface area contributed by atoms with Gasteiger partial charge in [0, 0.05) is 19.0 Å². The quantitative estimate of drug-likeness (QED) is 0.731. The molecular formula is C14H20N4O5. The van der Waals surface area contributed by atoms with E-state index in [2.05, 4.69) is 15.3 Å². The molecule has 0 aliphatic carbocycles. The van der Waals surface area contributed by atoms with E-state index in [1.165, 1.54) is 12.4 Å². The van der Waals surface area contributed by atoms with Crippen LogP contribution in [0.1, 0.15) is 27.2 Å². The number of hydrogen-bond donors (Lipinski definition) is 3. The molecule has 0 aromatic carbocycles. The van der Waals surface area contributed by atoms with Gasteiger partial charge in [-0.25, -0.2) is 14.6 Å². The summed E-state index contributed by atoms with van der Waals surface area (Å²) in [4.78, 5) is 43.0. The van der Waals surface area contributed by atoms with Crippen LogP contribution in [0, 0.1) is 0 Å². The first-order chi connectivity index (χ1) is 10.6. The number of carbonyl (C=O) groups excluding carboxylic acids is 1. The van der Waals surface area contributed by atoms with Crippen LogP contribution in [0.2, 0.25) is 0 Å². The molecule has 126 valence electrons. The van der Waals surface area contributed by atoms with Crippen LogP contribution in [-0.4, -0.2) is 51.4 Å². The molecule has 1 saturated heterocycles. The predicted octanol–water partition coefficient (Wildman–Crippen LogP) is 0.328. The summed E-state index contributed by atoms with van der Waals surface area (Å²) in [5.41, 5.74) is -2.54. The highest BCUT2D eigenvalue weighted by atomic mass is 16.6. The standard InChI is InChI=1S/C14H20N4O5/c1-13(2,3)23-12(22)17-14(11(20)21)4-5-18(7-14)9-6-10(19)16-8-15-9/h6,8H,4-5,7H2,1-3H3,(H,17,22)(H,20,21)(H,15,16,19). The molecule has 1 unspecified atom stereocenters. The van der Waals surface area contributed by atoms with Gasteiger partial charge in [0.1, 0.15) is 11.4 Å². The second-order valence-corrected chi connectivity index (χ2v) is 6.46. The summed E-state index contributed by atoms with van der Waals surface area (Å²) in [6.45, 7) is 5.43. The zero-order valence-electron chi connectivity index (χ0n) is 13.3. The van der Waals surface area contributed by atoms with Gasteiger partial charge in [-0.15, -0.1) is 0 Å². The normalized spacial score (nSPS) is 21.1. The summed E-state index contributed by atoms with van der Waals surface area (Å²) in [5, 5.41) is 12.0. The van der Waals surface area contributed by atoms with Crippen molar-refractivity contribution in [2.75, 3.05) is 18.0 Å². The van der Waals surface area contributed by atoms with Crippen molar-refractivity contribution in [2.45, 2.75) is 38.3 Å². The number of carbonyl (C=O) groups is 2. The maximum atomic E-state index is 11.9. The molecule has 1 fully saturated rings. The first-order valence-electron chi connectivity index (χ1n) is 7.16. The summed E-state index contributed by atoms with van der Waals surface area (Å²) < 4.78 is 5.13. The van der Waals surface area contributed by atoms with Crippen molar-refractivity contribution in [2.24, 2.45) is 0 Å². The number of carboxylic acids is 1. The molecule has 9 heteroatoms. The van der Waals surface area contributed by atoms with Gasteiger partial charge in [-0.05, 0) is 20.8 Å². The minimum Gasteiger partial charge on any atom is -0.479 e. The minimum atomic E-state index is -1.48. The Morgan fingerprint density at radius 1 is 1.48 bits per heavy atom. The zero-order valence-corrected chi connectivity index (χ0v) is 13.3. The van der Waals surface area contributed by atoms with Crippen LogP contribution in [0.15, 0.2) is 17.2 Å². The number of anilines is 1. The van der Waals surface area contributed by atoms with Gasteiger partial charge >= 0.3 is 12.1 Å². The van der Waals surface area contributed by atoms with E-state index in [1.807, 2.05) is 0 Å². The fourth-order valence-corrected chi connectivity index (χ4v) is 2.37. The highest BCUT2D eigenvalue weighted by Crippen LogP contribution is 2.25. The fourth-order valence-electron chi connectivity index (χ4n) is 2.37. The summed E-state index contributed by atoms with van der Waals surface area (Å²) >= 11 is 0. The number of aliphatic carboxylic acids is 1. The smallest absolute Gasteiger partial charge is 0.408 e. The lowest BCUT2D eigenvalue weighted by Gasteiger charge is -2.28. The second kappa shape index (κ2) is 5.90. The number of amides is 1. The van der Waals surface area contributed by atoms with Crippen molar-refractivity contribution in [1.29, 1.82) is 0 Å². The topological polar surface area (TPSA) is 125 Å². The van der Waals surface area contributed by atoms with E-state index in [1.54, 1.807) is 25.7 Å². The number of rotatable bonds is 3. The van der Waals surface area contributed by atoms with Gasteiger partial charge in [-0.3, -0.25) is 4.79 Å². The Labute approximate surface area is 132 Å². The highest BCUT2D eigenvalue weighted by Gasteiger charge is 2.47. The van der Waals surface area contributed by atoms with Gasteiger partial charge in [0.05, 0.1) is 12.9 Å². The van der Waals surface area contributed by atoms with E-state index in [0.29, 0.717) is 12.4 Å². The lowest BCUT2D eigenvalue weighted by atomic mass is 9.99. The minimum absolute atomic E-state index is 0.00195. The van der Waals surface area contributed by atoms with Gasteiger partial charge in [0.2, 0.25) is 0 Å². The van der Waals surface area contributed by atoms with Crippen LogP contribution in [-0.2, 0) is 9.53 Å². The Balaban J connectivity index is 2.16. The number of nitrogens with one attached hydrogen (secondary N) is 2. The number of H-pyrrole nitrogens is 1. The third-order valence-electron chi connectivity index (χ3n) is 3.41. The van der Waals surface area contributed by atoms with Crippen LogP contribution in [0.5, 0.6) is 0 Å². The van der Waals surface area contributed by atoms with Crippen molar-refractivity contribution >= 4 is 17.9 Å². The van der Waals surface area contributed by atoms with Crippen molar-refractivity contribution in [1.82, 2.24) is 15.3 Å². The number of alkyl carbamates (subject to hydrolysis) is 1. The summed E-state index contributed by atoms with van der Waals surface area (Å²) in [7, 11) is 0. The summed E-state index contributed by atoms with van der Waals surface area (Å²) in [5.74, 6) is -0.793. The Morgan fingerprint density at radius 3 is 2.74 bits per heavy atom. The number of nitrogens with zero attached hydrogens (tertiary/aromatic N) is 2. The first-order valence-corrected chi connectivity index (χ1v) is 7.16. The molecule has 2 heterocycles. The maximum Gasteiger partial charge on any atom is 0.408 e. The molecule has 3 N–H and O–H groups in total. The molecule has 9 nitrogen and oxygen atoms in total. The van der Waals surface area contributed by atoms with Gasteiger partial charge in [-0.2, -0.15) is 0 Å². The third-order valence-corrected chi connectivity index (χ3v) is 3.41. The second-order valence-electron chi connectivity index (χ2n) is 6.46. The van der Waals surface area contributed by atoms with E-state index < -0.39 is 23.2 Å². The van der Waals surface area contributed by atoms with Crippen LogP contribution >= 0.6 is 0 Å². The van der Waals surface area contributed by atoms with Gasteiger partial charge in [-0.1, -0.05) is 0 Å².